The summed E-state index contributed by atoms with van der Waals surface area (Å²) in [6.07, 6.45) is 0.240. The van der Waals surface area contributed by atoms with E-state index < -0.39 is 12.1 Å². The van der Waals surface area contributed by atoms with Crippen LogP contribution in [0.25, 0.3) is 11.1 Å². The van der Waals surface area contributed by atoms with Crippen molar-refractivity contribution in [2.45, 2.75) is 37.3 Å². The summed E-state index contributed by atoms with van der Waals surface area (Å²) in [5, 5.41) is 5.55. The molecule has 7 heteroatoms. The lowest BCUT2D eigenvalue weighted by Crippen LogP contribution is -2.49. The van der Waals surface area contributed by atoms with Crippen LogP contribution in [0.4, 0.5) is 4.79 Å². The van der Waals surface area contributed by atoms with Gasteiger partial charge in [-0.05, 0) is 34.2 Å². The minimum atomic E-state index is -0.833. The number of amides is 2. The van der Waals surface area contributed by atoms with E-state index in [9.17, 15) is 14.4 Å². The molecule has 0 bridgehead atoms. The molecule has 5 rings (SSSR count). The van der Waals surface area contributed by atoms with Gasteiger partial charge in [0.05, 0.1) is 6.54 Å². The van der Waals surface area contributed by atoms with Crippen molar-refractivity contribution >= 4 is 18.0 Å². The van der Waals surface area contributed by atoms with Crippen molar-refractivity contribution in [3.05, 3.63) is 95.6 Å². The summed E-state index contributed by atoms with van der Waals surface area (Å²) in [6, 6.07) is 24.9. The lowest BCUT2D eigenvalue weighted by Gasteiger charge is -2.21. The fraction of sp³-hybridized carbons (Fsp3) is 0.276. The van der Waals surface area contributed by atoms with E-state index in [0.29, 0.717) is 19.3 Å². The van der Waals surface area contributed by atoms with Crippen molar-refractivity contribution in [3.8, 4) is 11.1 Å². The molecule has 1 aliphatic heterocycles. The second-order valence-corrected chi connectivity index (χ2v) is 9.11. The average molecular weight is 485 g/mol. The highest BCUT2D eigenvalue weighted by atomic mass is 16.6. The van der Waals surface area contributed by atoms with E-state index in [1.54, 1.807) is 0 Å². The predicted octanol–water partition coefficient (Wildman–Crippen LogP) is 3.96. The van der Waals surface area contributed by atoms with Crippen LogP contribution in [0.15, 0.2) is 78.9 Å². The van der Waals surface area contributed by atoms with E-state index in [0.717, 1.165) is 27.8 Å². The molecule has 2 atom stereocenters. The number of esters is 1. The molecule has 1 saturated heterocycles. The van der Waals surface area contributed by atoms with E-state index in [-0.39, 0.29) is 37.0 Å². The molecule has 3 aromatic carbocycles. The zero-order valence-corrected chi connectivity index (χ0v) is 19.8. The third-order valence-corrected chi connectivity index (χ3v) is 6.71. The van der Waals surface area contributed by atoms with E-state index in [4.69, 9.17) is 9.47 Å². The van der Waals surface area contributed by atoms with Crippen LogP contribution < -0.4 is 10.6 Å². The summed E-state index contributed by atoms with van der Waals surface area (Å²) in [7, 11) is 0. The van der Waals surface area contributed by atoms with Crippen molar-refractivity contribution in [1.29, 1.82) is 0 Å². The Hall–Kier alpha value is -4.13. The van der Waals surface area contributed by atoms with Gasteiger partial charge in [-0.15, -0.1) is 0 Å². The molecule has 7 nitrogen and oxygen atoms in total. The number of rotatable bonds is 8. The molecule has 1 heterocycles. The van der Waals surface area contributed by atoms with E-state index in [1.165, 1.54) is 0 Å². The minimum absolute atomic E-state index is 0.0680. The largest absolute Gasteiger partial charge is 0.460 e. The van der Waals surface area contributed by atoms with Crippen LogP contribution in [-0.4, -0.2) is 43.3 Å². The van der Waals surface area contributed by atoms with E-state index in [2.05, 4.69) is 34.9 Å². The molecular formula is C29H28N2O5. The maximum atomic E-state index is 13.0. The topological polar surface area (TPSA) is 93.7 Å². The Bertz CT molecular complexity index is 1210. The Kier molecular flexibility index (Phi) is 6.98. The first kappa shape index (κ1) is 23.6. The van der Waals surface area contributed by atoms with E-state index in [1.807, 2.05) is 54.6 Å². The summed E-state index contributed by atoms with van der Waals surface area (Å²) in [4.78, 5) is 37.2. The van der Waals surface area contributed by atoms with Gasteiger partial charge in [-0.2, -0.15) is 0 Å². The summed E-state index contributed by atoms with van der Waals surface area (Å²) in [5.74, 6) is -0.677. The second kappa shape index (κ2) is 10.6. The molecule has 2 aliphatic rings. The highest BCUT2D eigenvalue weighted by molar-refractivity contribution is 5.86. The molecule has 1 aliphatic carbocycles. The smallest absolute Gasteiger partial charge is 0.407 e. The molecule has 0 radical (unpaired) electrons. The lowest BCUT2D eigenvalue weighted by molar-refractivity contribution is -0.141. The number of nitrogens with one attached hydrogen (secondary N) is 2. The van der Waals surface area contributed by atoms with Crippen molar-refractivity contribution in [2.75, 3.05) is 13.2 Å². The number of ether oxygens (including phenoxy) is 2. The van der Waals surface area contributed by atoms with Crippen molar-refractivity contribution in [2.24, 2.45) is 0 Å². The third-order valence-electron chi connectivity index (χ3n) is 6.71. The van der Waals surface area contributed by atoms with Crippen LogP contribution in [0.2, 0.25) is 0 Å². The van der Waals surface area contributed by atoms with Gasteiger partial charge >= 0.3 is 12.1 Å². The molecular weight excluding hydrogens is 456 g/mol. The molecule has 1 fully saturated rings. The number of fused-ring (bicyclic) bond motifs is 3. The monoisotopic (exact) mass is 484 g/mol. The van der Waals surface area contributed by atoms with Gasteiger partial charge < -0.3 is 20.1 Å². The quantitative estimate of drug-likeness (QED) is 0.472. The SMILES string of the molecule is O=C1CCC(CNC(=O)[C@H](Cc2ccccc2)NC(=O)OCC2c3ccccc3-c3ccccc32)O1. The van der Waals surface area contributed by atoms with E-state index >= 15 is 0 Å². The number of carbonyl (C=O) groups is 3. The minimum Gasteiger partial charge on any atom is -0.460 e. The summed E-state index contributed by atoms with van der Waals surface area (Å²) < 4.78 is 10.8. The van der Waals surface area contributed by atoms with Crippen LogP contribution in [-0.2, 0) is 25.5 Å². The van der Waals surface area contributed by atoms with Gasteiger partial charge in [-0.1, -0.05) is 78.9 Å². The number of benzene rings is 3. The fourth-order valence-electron chi connectivity index (χ4n) is 4.91. The van der Waals surface area contributed by atoms with Gasteiger partial charge in [-0.25, -0.2) is 4.79 Å². The molecule has 2 N–H and O–H groups in total. The number of carbonyl (C=O) groups excluding carboxylic acids is 3. The average Bonchev–Trinajstić information content (AvgIpc) is 3.47. The summed E-state index contributed by atoms with van der Waals surface area (Å²) >= 11 is 0. The number of hydrogen-bond donors (Lipinski definition) is 2. The highest BCUT2D eigenvalue weighted by Crippen LogP contribution is 2.44. The van der Waals surface area contributed by atoms with Gasteiger partial charge in [0.25, 0.3) is 0 Å². The number of hydrogen-bond acceptors (Lipinski definition) is 5. The molecule has 36 heavy (non-hydrogen) atoms. The first-order chi connectivity index (χ1) is 17.6. The second-order valence-electron chi connectivity index (χ2n) is 9.11. The molecule has 184 valence electrons. The summed E-state index contributed by atoms with van der Waals surface area (Å²) in [5.41, 5.74) is 5.45. The standard InChI is InChI=1S/C29H28N2O5/c32-27-15-14-20(36-27)17-30-28(33)26(16-19-8-2-1-3-9-19)31-29(34)35-18-25-23-12-6-4-10-21(23)22-11-5-7-13-24(22)25/h1-13,20,25-26H,14-18H2,(H,30,33)(H,31,34)/t20?,26-/m0/s1. The Morgan fingerprint density at radius 3 is 2.19 bits per heavy atom. The van der Waals surface area contributed by atoms with Crippen molar-refractivity contribution in [1.82, 2.24) is 10.6 Å². The van der Waals surface area contributed by atoms with Gasteiger partial charge in [-0.3, -0.25) is 9.59 Å². The number of cyclic esters (lactones) is 1. The van der Waals surface area contributed by atoms with Crippen LogP contribution >= 0.6 is 0 Å². The first-order valence-electron chi connectivity index (χ1n) is 12.2. The zero-order chi connectivity index (χ0) is 24.9. The Morgan fingerprint density at radius 1 is 0.917 bits per heavy atom. The molecule has 1 unspecified atom stereocenters. The van der Waals surface area contributed by atoms with Gasteiger partial charge in [0.2, 0.25) is 5.91 Å². The van der Waals surface area contributed by atoms with Gasteiger partial charge in [0.1, 0.15) is 18.8 Å². The van der Waals surface area contributed by atoms with Crippen LogP contribution in [0.1, 0.15) is 35.4 Å². The normalized spacial score (nSPS) is 17.0. The zero-order valence-electron chi connectivity index (χ0n) is 19.8. The van der Waals surface area contributed by atoms with Crippen molar-refractivity contribution in [3.63, 3.8) is 0 Å². The van der Waals surface area contributed by atoms with Crippen molar-refractivity contribution < 1.29 is 23.9 Å². The molecule has 2 amide bonds. The molecule has 0 spiro atoms. The lowest BCUT2D eigenvalue weighted by atomic mass is 9.98. The third kappa shape index (κ3) is 5.25. The maximum absolute atomic E-state index is 13.0. The molecule has 0 aromatic heterocycles. The Labute approximate surface area is 209 Å². The van der Waals surface area contributed by atoms with Crippen LogP contribution in [0, 0.1) is 0 Å². The Balaban J connectivity index is 1.24. The fourth-order valence-corrected chi connectivity index (χ4v) is 4.91. The number of alkyl carbamates (subject to hydrolysis) is 1. The first-order valence-corrected chi connectivity index (χ1v) is 12.2. The maximum Gasteiger partial charge on any atom is 0.407 e. The Morgan fingerprint density at radius 2 is 1.56 bits per heavy atom. The summed E-state index contributed by atoms with van der Waals surface area (Å²) in [6.45, 7) is 0.375. The van der Waals surface area contributed by atoms with Gasteiger partial charge in [0, 0.05) is 18.8 Å². The highest BCUT2D eigenvalue weighted by Gasteiger charge is 2.30. The van der Waals surface area contributed by atoms with Gasteiger partial charge in [0.15, 0.2) is 0 Å². The molecule has 3 aromatic rings. The molecule has 0 saturated carbocycles. The van der Waals surface area contributed by atoms with Crippen LogP contribution in [0.5, 0.6) is 0 Å². The predicted molar refractivity (Wildman–Crippen MR) is 134 cm³/mol. The van der Waals surface area contributed by atoms with Crippen LogP contribution in [0.3, 0.4) is 0 Å².